The first-order valence-corrected chi connectivity index (χ1v) is 3.29. The van der Waals surface area contributed by atoms with Crippen LogP contribution in [0.5, 0.6) is 0 Å². The van der Waals surface area contributed by atoms with Crippen molar-refractivity contribution in [3.8, 4) is 0 Å². The van der Waals surface area contributed by atoms with Crippen LogP contribution in [0.1, 0.15) is 13.3 Å². The van der Waals surface area contributed by atoms with Crippen molar-refractivity contribution in [3.63, 3.8) is 0 Å². The highest BCUT2D eigenvalue weighted by molar-refractivity contribution is 4.79. The summed E-state index contributed by atoms with van der Waals surface area (Å²) in [5, 5.41) is 17.8. The van der Waals surface area contributed by atoms with Crippen molar-refractivity contribution in [3.05, 3.63) is 0 Å². The van der Waals surface area contributed by atoms with Gasteiger partial charge in [0.05, 0.1) is 6.10 Å². The lowest BCUT2D eigenvalue weighted by Crippen LogP contribution is -2.39. The largest absolute Gasteiger partial charge is 0.392 e. The van der Waals surface area contributed by atoms with Gasteiger partial charge in [0.2, 0.25) is 0 Å². The molecule has 0 aromatic carbocycles. The number of rotatable bonds is 4. The SMILES string of the molecule is CC(O)(CC(O)CN)C(F)F. The molecule has 5 heteroatoms. The minimum absolute atomic E-state index is 0.122. The van der Waals surface area contributed by atoms with E-state index in [0.29, 0.717) is 0 Å². The zero-order valence-corrected chi connectivity index (χ0v) is 6.30. The maximum Gasteiger partial charge on any atom is 0.266 e. The van der Waals surface area contributed by atoms with Crippen molar-refractivity contribution in [2.24, 2.45) is 5.73 Å². The number of aliphatic hydroxyl groups excluding tert-OH is 1. The first kappa shape index (κ1) is 10.7. The van der Waals surface area contributed by atoms with Gasteiger partial charge in [0.15, 0.2) is 0 Å². The highest BCUT2D eigenvalue weighted by atomic mass is 19.3. The van der Waals surface area contributed by atoms with Crippen molar-refractivity contribution in [2.45, 2.75) is 31.5 Å². The van der Waals surface area contributed by atoms with Gasteiger partial charge in [-0.15, -0.1) is 0 Å². The zero-order chi connectivity index (χ0) is 9.07. The Labute approximate surface area is 63.8 Å². The minimum atomic E-state index is -2.86. The number of alkyl halides is 2. The van der Waals surface area contributed by atoms with E-state index in [0.717, 1.165) is 6.92 Å². The molecule has 0 fully saturated rings. The molecule has 0 heterocycles. The van der Waals surface area contributed by atoms with Crippen LogP contribution < -0.4 is 5.73 Å². The second kappa shape index (κ2) is 3.94. The molecule has 11 heavy (non-hydrogen) atoms. The van der Waals surface area contributed by atoms with E-state index in [9.17, 15) is 8.78 Å². The van der Waals surface area contributed by atoms with Gasteiger partial charge in [-0.2, -0.15) is 0 Å². The van der Waals surface area contributed by atoms with Crippen LogP contribution in [0.4, 0.5) is 8.78 Å². The molecule has 0 aliphatic rings. The van der Waals surface area contributed by atoms with Gasteiger partial charge in [-0.05, 0) is 6.92 Å². The van der Waals surface area contributed by atoms with Gasteiger partial charge >= 0.3 is 0 Å². The number of nitrogens with two attached hydrogens (primary N) is 1. The van der Waals surface area contributed by atoms with Crippen molar-refractivity contribution >= 4 is 0 Å². The summed E-state index contributed by atoms with van der Waals surface area (Å²) in [5.74, 6) is 0. The van der Waals surface area contributed by atoms with E-state index in [2.05, 4.69) is 0 Å². The highest BCUT2D eigenvalue weighted by Crippen LogP contribution is 2.20. The molecular weight excluding hydrogens is 156 g/mol. The zero-order valence-electron chi connectivity index (χ0n) is 6.30. The highest BCUT2D eigenvalue weighted by Gasteiger charge is 2.33. The third-order valence-electron chi connectivity index (χ3n) is 1.39. The Balaban J connectivity index is 3.90. The molecule has 4 N–H and O–H groups in total. The number of hydrogen-bond acceptors (Lipinski definition) is 3. The molecule has 2 atom stereocenters. The van der Waals surface area contributed by atoms with Crippen LogP contribution in [-0.2, 0) is 0 Å². The lowest BCUT2D eigenvalue weighted by Gasteiger charge is -2.24. The monoisotopic (exact) mass is 169 g/mol. The normalized spacial score (nSPS) is 19.9. The average Bonchev–Trinajstić information content (AvgIpc) is 1.86. The van der Waals surface area contributed by atoms with Crippen LogP contribution in [0.3, 0.4) is 0 Å². The van der Waals surface area contributed by atoms with E-state index < -0.39 is 24.6 Å². The summed E-state index contributed by atoms with van der Waals surface area (Å²) in [6.07, 6.45) is -4.33. The third kappa shape index (κ3) is 3.60. The van der Waals surface area contributed by atoms with E-state index in [1.54, 1.807) is 0 Å². The molecule has 0 amide bonds. The van der Waals surface area contributed by atoms with Gasteiger partial charge in [0.25, 0.3) is 6.43 Å². The van der Waals surface area contributed by atoms with E-state index >= 15 is 0 Å². The molecule has 0 saturated carbocycles. The Morgan fingerprint density at radius 2 is 2.00 bits per heavy atom. The van der Waals surface area contributed by atoms with Gasteiger partial charge in [-0.25, -0.2) is 8.78 Å². The molecule has 0 aliphatic heterocycles. The number of hydrogen-bond donors (Lipinski definition) is 3. The van der Waals surface area contributed by atoms with E-state index in [-0.39, 0.29) is 6.54 Å². The van der Waals surface area contributed by atoms with Gasteiger partial charge in [-0.1, -0.05) is 0 Å². The first-order valence-electron chi connectivity index (χ1n) is 3.29. The summed E-state index contributed by atoms with van der Waals surface area (Å²) in [6.45, 7) is 0.847. The average molecular weight is 169 g/mol. The molecule has 0 aromatic rings. The lowest BCUT2D eigenvalue weighted by molar-refractivity contribution is -0.104. The van der Waals surface area contributed by atoms with Crippen LogP contribution in [0, 0.1) is 0 Å². The summed E-state index contributed by atoms with van der Waals surface area (Å²) in [4.78, 5) is 0. The van der Waals surface area contributed by atoms with Gasteiger partial charge < -0.3 is 15.9 Å². The Kier molecular flexibility index (Phi) is 3.85. The Hall–Kier alpha value is -0.260. The summed E-state index contributed by atoms with van der Waals surface area (Å²) < 4.78 is 23.8. The van der Waals surface area contributed by atoms with Crippen LogP contribution in [0.15, 0.2) is 0 Å². The first-order chi connectivity index (χ1) is 4.90. The predicted molar refractivity (Wildman–Crippen MR) is 36.3 cm³/mol. The summed E-state index contributed by atoms with van der Waals surface area (Å²) in [7, 11) is 0. The van der Waals surface area contributed by atoms with Gasteiger partial charge in [0, 0.05) is 13.0 Å². The maximum atomic E-state index is 11.9. The van der Waals surface area contributed by atoms with E-state index in [1.165, 1.54) is 0 Å². The van der Waals surface area contributed by atoms with Crippen LogP contribution in [0.25, 0.3) is 0 Å². The molecule has 0 aromatic heterocycles. The molecule has 68 valence electrons. The molecule has 0 saturated heterocycles. The molecule has 3 nitrogen and oxygen atoms in total. The van der Waals surface area contributed by atoms with Crippen LogP contribution in [0.2, 0.25) is 0 Å². The van der Waals surface area contributed by atoms with Crippen molar-refractivity contribution in [1.82, 2.24) is 0 Å². The van der Waals surface area contributed by atoms with Crippen LogP contribution in [-0.4, -0.2) is 34.9 Å². The second-order valence-electron chi connectivity index (χ2n) is 2.75. The molecule has 0 aliphatic carbocycles. The fourth-order valence-electron chi connectivity index (χ4n) is 0.649. The third-order valence-corrected chi connectivity index (χ3v) is 1.39. The minimum Gasteiger partial charge on any atom is -0.392 e. The fourth-order valence-corrected chi connectivity index (χ4v) is 0.649. The lowest BCUT2D eigenvalue weighted by atomic mass is 9.99. The Morgan fingerprint density at radius 3 is 2.27 bits per heavy atom. The molecular formula is C6H13F2NO2. The molecule has 2 unspecified atom stereocenters. The maximum absolute atomic E-state index is 11.9. The standard InChI is InChI=1S/C6H13F2NO2/c1-6(11,5(7)8)2-4(10)3-9/h4-5,10-11H,2-3,9H2,1H3. The Bertz CT molecular complexity index is 119. The van der Waals surface area contributed by atoms with Gasteiger partial charge in [0.1, 0.15) is 5.60 Å². The topological polar surface area (TPSA) is 66.5 Å². The molecule has 0 spiro atoms. The van der Waals surface area contributed by atoms with Crippen molar-refractivity contribution in [2.75, 3.05) is 6.54 Å². The molecule has 0 rings (SSSR count). The van der Waals surface area contributed by atoms with Crippen LogP contribution >= 0.6 is 0 Å². The summed E-state index contributed by atoms with van der Waals surface area (Å²) >= 11 is 0. The smallest absolute Gasteiger partial charge is 0.266 e. The number of halogens is 2. The fraction of sp³-hybridized carbons (Fsp3) is 1.00. The molecule has 0 bridgehead atoms. The van der Waals surface area contributed by atoms with Crippen molar-refractivity contribution < 1.29 is 19.0 Å². The second-order valence-corrected chi connectivity index (χ2v) is 2.75. The summed E-state index contributed by atoms with van der Waals surface area (Å²) in [6, 6.07) is 0. The Morgan fingerprint density at radius 1 is 1.55 bits per heavy atom. The van der Waals surface area contributed by atoms with Crippen molar-refractivity contribution in [1.29, 1.82) is 0 Å². The quantitative estimate of drug-likeness (QED) is 0.542. The van der Waals surface area contributed by atoms with E-state index in [1.807, 2.05) is 0 Å². The molecule has 0 radical (unpaired) electrons. The van der Waals surface area contributed by atoms with Gasteiger partial charge in [-0.3, -0.25) is 0 Å². The number of aliphatic hydroxyl groups is 2. The predicted octanol–water partition coefficient (Wildman–Crippen LogP) is -0.288. The van der Waals surface area contributed by atoms with E-state index in [4.69, 9.17) is 15.9 Å². The summed E-state index contributed by atoms with van der Waals surface area (Å²) in [5.41, 5.74) is 2.83.